The van der Waals surface area contributed by atoms with Gasteiger partial charge in [0.25, 0.3) is 0 Å². The first-order valence-corrected chi connectivity index (χ1v) is 9.79. The molecule has 1 aromatic heterocycles. The van der Waals surface area contributed by atoms with E-state index in [2.05, 4.69) is 6.58 Å². The topological polar surface area (TPSA) is 40.6 Å². The lowest BCUT2D eigenvalue weighted by molar-refractivity contribution is -0.141. The Labute approximate surface area is 158 Å². The molecule has 1 saturated carbocycles. The molecule has 1 fully saturated rings. The summed E-state index contributed by atoms with van der Waals surface area (Å²) in [4.78, 5) is 30.1. The van der Waals surface area contributed by atoms with Crippen molar-refractivity contribution in [1.82, 2.24) is 9.80 Å². The molecule has 0 radical (unpaired) electrons. The predicted molar refractivity (Wildman–Crippen MR) is 105 cm³/mol. The zero-order chi connectivity index (χ0) is 18.4. The first-order valence-electron chi connectivity index (χ1n) is 8.91. The Morgan fingerprint density at radius 3 is 2.46 bits per heavy atom. The van der Waals surface area contributed by atoms with E-state index in [1.165, 1.54) is 0 Å². The molecule has 1 aliphatic carbocycles. The Bertz CT molecular complexity index is 739. The molecule has 5 heteroatoms. The lowest BCUT2D eigenvalue weighted by atomic mass is 10.2. The van der Waals surface area contributed by atoms with Crippen molar-refractivity contribution in [3.05, 3.63) is 70.9 Å². The number of amides is 2. The van der Waals surface area contributed by atoms with Gasteiger partial charge < -0.3 is 9.80 Å². The molecule has 0 saturated heterocycles. The third kappa shape index (κ3) is 5.05. The van der Waals surface area contributed by atoms with Gasteiger partial charge in [-0.15, -0.1) is 17.9 Å². The number of benzene rings is 1. The fourth-order valence-electron chi connectivity index (χ4n) is 2.87. The number of hydrogen-bond acceptors (Lipinski definition) is 3. The van der Waals surface area contributed by atoms with Crippen LogP contribution in [-0.2, 0) is 22.7 Å². The van der Waals surface area contributed by atoms with Crippen LogP contribution < -0.4 is 0 Å². The van der Waals surface area contributed by atoms with Gasteiger partial charge in [-0.3, -0.25) is 9.59 Å². The summed E-state index contributed by atoms with van der Waals surface area (Å²) in [7, 11) is 0. The Balaban J connectivity index is 1.71. The van der Waals surface area contributed by atoms with Crippen molar-refractivity contribution >= 4 is 23.2 Å². The summed E-state index contributed by atoms with van der Waals surface area (Å²) in [5.74, 6) is 0.148. The van der Waals surface area contributed by atoms with E-state index in [9.17, 15) is 9.59 Å². The van der Waals surface area contributed by atoms with Gasteiger partial charge in [0.1, 0.15) is 6.54 Å². The van der Waals surface area contributed by atoms with Crippen LogP contribution in [0, 0.1) is 5.92 Å². The van der Waals surface area contributed by atoms with E-state index in [-0.39, 0.29) is 24.3 Å². The van der Waals surface area contributed by atoms with Crippen LogP contribution in [0.1, 0.15) is 23.3 Å². The summed E-state index contributed by atoms with van der Waals surface area (Å²) < 4.78 is 0. The SMILES string of the molecule is C=CCN(CC(=O)N(Cc1ccccc1)Cc1cccs1)C(=O)C1CC1. The molecule has 0 spiro atoms. The van der Waals surface area contributed by atoms with Gasteiger partial charge in [0, 0.05) is 23.9 Å². The van der Waals surface area contributed by atoms with Gasteiger partial charge in [0.2, 0.25) is 11.8 Å². The summed E-state index contributed by atoms with van der Waals surface area (Å²) in [5, 5.41) is 2.02. The van der Waals surface area contributed by atoms with Crippen LogP contribution in [0.2, 0.25) is 0 Å². The molecule has 0 atom stereocenters. The second kappa shape index (κ2) is 8.81. The Morgan fingerprint density at radius 1 is 1.08 bits per heavy atom. The Kier molecular flexibility index (Phi) is 6.23. The zero-order valence-electron chi connectivity index (χ0n) is 14.8. The van der Waals surface area contributed by atoms with Crippen LogP contribution in [0.5, 0.6) is 0 Å². The lowest BCUT2D eigenvalue weighted by Crippen LogP contribution is -2.43. The number of rotatable bonds is 9. The molecular weight excluding hydrogens is 344 g/mol. The van der Waals surface area contributed by atoms with Crippen LogP contribution in [0.3, 0.4) is 0 Å². The van der Waals surface area contributed by atoms with Crippen molar-refractivity contribution in [2.75, 3.05) is 13.1 Å². The van der Waals surface area contributed by atoms with E-state index in [1.807, 2.05) is 52.7 Å². The molecular formula is C21H24N2O2S. The highest BCUT2D eigenvalue weighted by atomic mass is 32.1. The van der Waals surface area contributed by atoms with Crippen molar-refractivity contribution in [3.8, 4) is 0 Å². The normalized spacial score (nSPS) is 13.2. The Hall–Kier alpha value is -2.40. The number of carbonyl (C=O) groups excluding carboxylic acids is 2. The molecule has 0 unspecified atom stereocenters. The highest BCUT2D eigenvalue weighted by Crippen LogP contribution is 2.31. The lowest BCUT2D eigenvalue weighted by Gasteiger charge is -2.27. The minimum Gasteiger partial charge on any atom is -0.332 e. The van der Waals surface area contributed by atoms with Crippen molar-refractivity contribution in [2.24, 2.45) is 5.92 Å². The first kappa shape index (κ1) is 18.4. The molecule has 2 aromatic rings. The molecule has 136 valence electrons. The van der Waals surface area contributed by atoms with E-state index >= 15 is 0 Å². The number of thiophene rings is 1. The molecule has 3 rings (SSSR count). The monoisotopic (exact) mass is 368 g/mol. The molecule has 1 aliphatic rings. The first-order chi connectivity index (χ1) is 12.7. The number of carbonyl (C=O) groups is 2. The smallest absolute Gasteiger partial charge is 0.242 e. The van der Waals surface area contributed by atoms with Gasteiger partial charge in [-0.1, -0.05) is 42.5 Å². The molecule has 1 heterocycles. The summed E-state index contributed by atoms with van der Waals surface area (Å²) in [6.45, 7) is 5.35. The minimum atomic E-state index is -0.0295. The fourth-order valence-corrected chi connectivity index (χ4v) is 3.59. The number of nitrogens with zero attached hydrogens (tertiary/aromatic N) is 2. The van der Waals surface area contributed by atoms with E-state index in [0.717, 1.165) is 23.3 Å². The third-order valence-electron chi connectivity index (χ3n) is 4.41. The second-order valence-corrected chi connectivity index (χ2v) is 7.63. The minimum absolute atomic E-state index is 0.0295. The highest BCUT2D eigenvalue weighted by molar-refractivity contribution is 7.09. The van der Waals surface area contributed by atoms with Crippen LogP contribution in [0.4, 0.5) is 0 Å². The second-order valence-electron chi connectivity index (χ2n) is 6.60. The Morgan fingerprint density at radius 2 is 1.85 bits per heavy atom. The molecule has 0 aliphatic heterocycles. The van der Waals surface area contributed by atoms with Crippen LogP contribution in [0.25, 0.3) is 0 Å². The predicted octanol–water partition coefficient (Wildman–Crippen LogP) is 3.70. The quantitative estimate of drug-likeness (QED) is 0.633. The highest BCUT2D eigenvalue weighted by Gasteiger charge is 2.34. The van der Waals surface area contributed by atoms with E-state index in [0.29, 0.717) is 19.6 Å². The maximum atomic E-state index is 13.0. The van der Waals surface area contributed by atoms with Gasteiger partial charge in [-0.2, -0.15) is 0 Å². The molecule has 1 aromatic carbocycles. The van der Waals surface area contributed by atoms with Gasteiger partial charge in [-0.25, -0.2) is 0 Å². The van der Waals surface area contributed by atoms with Crippen molar-refractivity contribution in [2.45, 2.75) is 25.9 Å². The summed E-state index contributed by atoms with van der Waals surface area (Å²) >= 11 is 1.64. The average molecular weight is 369 g/mol. The molecule has 0 bridgehead atoms. The molecule has 4 nitrogen and oxygen atoms in total. The fraction of sp³-hybridized carbons (Fsp3) is 0.333. The standard InChI is InChI=1S/C21H24N2O2S/c1-2-12-22(21(25)18-10-11-18)16-20(24)23(15-19-9-6-13-26-19)14-17-7-4-3-5-8-17/h2-9,13,18H,1,10-12,14-16H2. The molecule has 2 amide bonds. The van der Waals surface area contributed by atoms with Gasteiger partial charge in [0.05, 0.1) is 6.54 Å². The molecule has 0 N–H and O–H groups in total. The van der Waals surface area contributed by atoms with E-state index < -0.39 is 0 Å². The summed E-state index contributed by atoms with van der Waals surface area (Å²) in [6, 6.07) is 14.0. The van der Waals surface area contributed by atoms with Gasteiger partial charge >= 0.3 is 0 Å². The van der Waals surface area contributed by atoms with Crippen LogP contribution >= 0.6 is 11.3 Å². The van der Waals surface area contributed by atoms with Gasteiger partial charge in [0.15, 0.2) is 0 Å². The van der Waals surface area contributed by atoms with Gasteiger partial charge in [-0.05, 0) is 29.9 Å². The number of hydrogen-bond donors (Lipinski definition) is 0. The van der Waals surface area contributed by atoms with Crippen molar-refractivity contribution < 1.29 is 9.59 Å². The summed E-state index contributed by atoms with van der Waals surface area (Å²) in [6.07, 6.45) is 3.56. The third-order valence-corrected chi connectivity index (χ3v) is 5.27. The zero-order valence-corrected chi connectivity index (χ0v) is 15.7. The van der Waals surface area contributed by atoms with Crippen molar-refractivity contribution in [3.63, 3.8) is 0 Å². The maximum absolute atomic E-state index is 13.0. The molecule has 26 heavy (non-hydrogen) atoms. The maximum Gasteiger partial charge on any atom is 0.242 e. The van der Waals surface area contributed by atoms with Crippen molar-refractivity contribution in [1.29, 1.82) is 0 Å². The van der Waals surface area contributed by atoms with Crippen LogP contribution in [-0.4, -0.2) is 34.7 Å². The summed E-state index contributed by atoms with van der Waals surface area (Å²) in [5.41, 5.74) is 1.08. The average Bonchev–Trinajstić information content (AvgIpc) is 3.38. The van der Waals surface area contributed by atoms with E-state index in [1.54, 1.807) is 22.3 Å². The van der Waals surface area contributed by atoms with E-state index in [4.69, 9.17) is 0 Å². The van der Waals surface area contributed by atoms with Crippen LogP contribution in [0.15, 0.2) is 60.5 Å². The largest absolute Gasteiger partial charge is 0.332 e.